The molecule has 1 aromatic rings. The zero-order valence-electron chi connectivity index (χ0n) is 11.0. The number of benzene rings is 1. The zero-order valence-corrected chi connectivity index (χ0v) is 12.5. The smallest absolute Gasteiger partial charge is 0.0372 e. The summed E-state index contributed by atoms with van der Waals surface area (Å²) in [4.78, 5) is 0. The summed E-state index contributed by atoms with van der Waals surface area (Å²) in [6.07, 6.45) is 4.05. The van der Waals surface area contributed by atoms with Gasteiger partial charge in [0.2, 0.25) is 0 Å². The molecule has 2 heteroatoms. The molecule has 0 aromatic heterocycles. The third-order valence-electron chi connectivity index (χ3n) is 4.24. The molecule has 0 amide bonds. The highest BCUT2D eigenvalue weighted by molar-refractivity contribution is 9.10. The fraction of sp³-hybridized carbons (Fsp3) is 0.600. The first-order valence-electron chi connectivity index (χ1n) is 6.60. The first-order chi connectivity index (χ1) is 8.08. The standard InChI is InChI=1S/C15H22BrN/c1-10-5-4-6-15(12(10)3)17-14-8-7-13(16)9-11(14)2/h7-10,12,15,17H,4-6H2,1-3H3. The highest BCUT2D eigenvalue weighted by Gasteiger charge is 2.26. The van der Waals surface area contributed by atoms with Crippen LogP contribution in [0.4, 0.5) is 5.69 Å². The van der Waals surface area contributed by atoms with Gasteiger partial charge in [0.25, 0.3) is 0 Å². The summed E-state index contributed by atoms with van der Waals surface area (Å²) in [6, 6.07) is 7.12. The van der Waals surface area contributed by atoms with Crippen LogP contribution in [0.1, 0.15) is 38.7 Å². The third kappa shape index (κ3) is 3.04. The first kappa shape index (κ1) is 12.9. The lowest BCUT2D eigenvalue weighted by molar-refractivity contribution is 0.253. The first-order valence-corrected chi connectivity index (χ1v) is 7.40. The maximum atomic E-state index is 3.74. The average molecular weight is 296 g/mol. The Morgan fingerprint density at radius 1 is 1.24 bits per heavy atom. The van der Waals surface area contributed by atoms with E-state index in [0.29, 0.717) is 6.04 Å². The molecule has 1 aliphatic rings. The van der Waals surface area contributed by atoms with Crippen molar-refractivity contribution in [3.05, 3.63) is 28.2 Å². The van der Waals surface area contributed by atoms with Crippen LogP contribution in [0.2, 0.25) is 0 Å². The van der Waals surface area contributed by atoms with E-state index in [1.54, 1.807) is 0 Å². The van der Waals surface area contributed by atoms with E-state index < -0.39 is 0 Å². The van der Waals surface area contributed by atoms with Gasteiger partial charge in [-0.25, -0.2) is 0 Å². The van der Waals surface area contributed by atoms with Gasteiger partial charge in [0.05, 0.1) is 0 Å². The Bertz CT molecular complexity index is 389. The molecule has 1 fully saturated rings. The molecule has 0 heterocycles. The predicted molar refractivity (Wildman–Crippen MR) is 78.5 cm³/mol. The number of rotatable bonds is 2. The molecular weight excluding hydrogens is 274 g/mol. The molecule has 3 atom stereocenters. The molecule has 94 valence electrons. The molecule has 1 aromatic carbocycles. The Balaban J connectivity index is 2.09. The van der Waals surface area contributed by atoms with Gasteiger partial charge in [0.15, 0.2) is 0 Å². The number of nitrogens with one attached hydrogen (secondary N) is 1. The quantitative estimate of drug-likeness (QED) is 0.810. The number of aryl methyl sites for hydroxylation is 1. The summed E-state index contributed by atoms with van der Waals surface area (Å²) in [5.74, 6) is 1.61. The highest BCUT2D eigenvalue weighted by Crippen LogP contribution is 2.32. The van der Waals surface area contributed by atoms with Gasteiger partial charge in [0, 0.05) is 16.2 Å². The molecule has 0 bridgehead atoms. The Kier molecular flexibility index (Phi) is 4.13. The van der Waals surface area contributed by atoms with Crippen molar-refractivity contribution in [2.75, 3.05) is 5.32 Å². The number of halogens is 1. The molecule has 0 aliphatic heterocycles. The molecular formula is C15H22BrN. The summed E-state index contributed by atoms with van der Waals surface area (Å²) in [6.45, 7) is 6.94. The van der Waals surface area contributed by atoms with Crippen LogP contribution >= 0.6 is 15.9 Å². The highest BCUT2D eigenvalue weighted by atomic mass is 79.9. The van der Waals surface area contributed by atoms with Crippen molar-refractivity contribution in [2.24, 2.45) is 11.8 Å². The lowest BCUT2D eigenvalue weighted by Crippen LogP contribution is -2.35. The SMILES string of the molecule is Cc1cc(Br)ccc1NC1CCCC(C)C1C. The van der Waals surface area contributed by atoms with Gasteiger partial charge in [-0.15, -0.1) is 0 Å². The van der Waals surface area contributed by atoms with Gasteiger partial charge in [0.1, 0.15) is 0 Å². The van der Waals surface area contributed by atoms with Gasteiger partial charge >= 0.3 is 0 Å². The lowest BCUT2D eigenvalue weighted by atomic mass is 9.78. The van der Waals surface area contributed by atoms with Crippen molar-refractivity contribution in [1.29, 1.82) is 0 Å². The molecule has 1 saturated carbocycles. The largest absolute Gasteiger partial charge is 0.382 e. The van der Waals surface area contributed by atoms with Crippen LogP contribution in [0.25, 0.3) is 0 Å². The summed E-state index contributed by atoms with van der Waals surface area (Å²) >= 11 is 3.52. The van der Waals surface area contributed by atoms with E-state index in [1.807, 2.05) is 0 Å². The molecule has 0 saturated heterocycles. The number of hydrogen-bond acceptors (Lipinski definition) is 1. The molecule has 17 heavy (non-hydrogen) atoms. The van der Waals surface area contributed by atoms with Crippen molar-refractivity contribution in [3.8, 4) is 0 Å². The Labute approximate surface area is 113 Å². The summed E-state index contributed by atoms with van der Waals surface area (Å²) in [5, 5.41) is 3.74. The fourth-order valence-electron chi connectivity index (χ4n) is 2.77. The normalized spacial score (nSPS) is 29.1. The van der Waals surface area contributed by atoms with Crippen LogP contribution in [0.3, 0.4) is 0 Å². The maximum absolute atomic E-state index is 3.74. The molecule has 1 nitrogen and oxygen atoms in total. The second-order valence-electron chi connectivity index (χ2n) is 5.48. The molecule has 2 rings (SSSR count). The predicted octanol–water partition coefficient (Wildman–Crippen LogP) is 4.99. The second-order valence-corrected chi connectivity index (χ2v) is 6.39. The van der Waals surface area contributed by atoms with E-state index in [2.05, 4.69) is 60.2 Å². The van der Waals surface area contributed by atoms with E-state index in [-0.39, 0.29) is 0 Å². The van der Waals surface area contributed by atoms with Crippen LogP contribution in [-0.2, 0) is 0 Å². The average Bonchev–Trinajstić information content (AvgIpc) is 2.28. The van der Waals surface area contributed by atoms with Crippen molar-refractivity contribution in [3.63, 3.8) is 0 Å². The third-order valence-corrected chi connectivity index (χ3v) is 4.73. The molecule has 0 spiro atoms. The van der Waals surface area contributed by atoms with Crippen molar-refractivity contribution in [1.82, 2.24) is 0 Å². The van der Waals surface area contributed by atoms with Crippen LogP contribution in [0, 0.1) is 18.8 Å². The monoisotopic (exact) mass is 295 g/mol. The van der Waals surface area contributed by atoms with Gasteiger partial charge in [-0.05, 0) is 48.9 Å². The number of hydrogen-bond donors (Lipinski definition) is 1. The van der Waals surface area contributed by atoms with Crippen LogP contribution in [0.15, 0.2) is 22.7 Å². The molecule has 1 N–H and O–H groups in total. The lowest BCUT2D eigenvalue weighted by Gasteiger charge is -2.35. The van der Waals surface area contributed by atoms with Crippen molar-refractivity contribution >= 4 is 21.6 Å². The fourth-order valence-corrected chi connectivity index (χ4v) is 3.25. The minimum Gasteiger partial charge on any atom is -0.382 e. The van der Waals surface area contributed by atoms with Crippen LogP contribution < -0.4 is 5.32 Å². The summed E-state index contributed by atoms with van der Waals surface area (Å²) in [5.41, 5.74) is 2.61. The van der Waals surface area contributed by atoms with Crippen LogP contribution in [-0.4, -0.2) is 6.04 Å². The summed E-state index contributed by atoms with van der Waals surface area (Å²) < 4.78 is 1.16. The zero-order chi connectivity index (χ0) is 12.4. The Hall–Kier alpha value is -0.500. The van der Waals surface area contributed by atoms with Crippen LogP contribution in [0.5, 0.6) is 0 Å². The van der Waals surface area contributed by atoms with E-state index in [0.717, 1.165) is 16.3 Å². The van der Waals surface area contributed by atoms with Gasteiger partial charge in [-0.3, -0.25) is 0 Å². The van der Waals surface area contributed by atoms with E-state index in [1.165, 1.54) is 30.5 Å². The Morgan fingerprint density at radius 3 is 2.71 bits per heavy atom. The molecule has 1 aliphatic carbocycles. The molecule has 0 radical (unpaired) electrons. The van der Waals surface area contributed by atoms with Gasteiger partial charge in [-0.1, -0.05) is 42.6 Å². The minimum atomic E-state index is 0.638. The van der Waals surface area contributed by atoms with Crippen molar-refractivity contribution < 1.29 is 0 Å². The Morgan fingerprint density at radius 2 is 2.00 bits per heavy atom. The van der Waals surface area contributed by atoms with Gasteiger partial charge < -0.3 is 5.32 Å². The maximum Gasteiger partial charge on any atom is 0.0372 e. The topological polar surface area (TPSA) is 12.0 Å². The second kappa shape index (κ2) is 5.43. The number of anilines is 1. The molecule has 3 unspecified atom stereocenters. The summed E-state index contributed by atoms with van der Waals surface area (Å²) in [7, 11) is 0. The van der Waals surface area contributed by atoms with Crippen molar-refractivity contribution in [2.45, 2.75) is 46.1 Å². The van der Waals surface area contributed by atoms with E-state index in [9.17, 15) is 0 Å². The van der Waals surface area contributed by atoms with E-state index >= 15 is 0 Å². The van der Waals surface area contributed by atoms with E-state index in [4.69, 9.17) is 0 Å². The van der Waals surface area contributed by atoms with Gasteiger partial charge in [-0.2, -0.15) is 0 Å². The minimum absolute atomic E-state index is 0.638.